The van der Waals surface area contributed by atoms with E-state index >= 15 is 0 Å². The number of likely N-dealkylation sites (N-methyl/N-ethyl adjacent to an activating group) is 1. The van der Waals surface area contributed by atoms with Crippen molar-refractivity contribution in [3.63, 3.8) is 0 Å². The summed E-state index contributed by atoms with van der Waals surface area (Å²) in [6.07, 6.45) is -4.78. The number of carbonyl (C=O) groups is 1. The minimum atomic E-state index is -4.41. The predicted octanol–water partition coefficient (Wildman–Crippen LogP) is 1.24. The van der Waals surface area contributed by atoms with Crippen LogP contribution in [0.4, 0.5) is 19.0 Å². The Balaban J connectivity index is 1.72. The number of anilines is 1. The summed E-state index contributed by atoms with van der Waals surface area (Å²) in [5.41, 5.74) is 0.449. The van der Waals surface area contributed by atoms with Gasteiger partial charge in [-0.3, -0.25) is 4.79 Å². The van der Waals surface area contributed by atoms with Crippen LogP contribution in [0.2, 0.25) is 0 Å². The van der Waals surface area contributed by atoms with Crippen molar-refractivity contribution in [1.82, 2.24) is 14.8 Å². The molecule has 9 heteroatoms. The number of piperazine rings is 1. The number of hydrogen-bond donors (Lipinski definition) is 0. The number of morpholine rings is 1. The monoisotopic (exact) mass is 358 g/mol. The fourth-order valence-electron chi connectivity index (χ4n) is 2.97. The summed E-state index contributed by atoms with van der Waals surface area (Å²) in [5.74, 6) is 0.259. The first-order valence-electron chi connectivity index (χ1n) is 8.22. The number of amides is 1. The van der Waals surface area contributed by atoms with Gasteiger partial charge in [-0.1, -0.05) is 0 Å². The van der Waals surface area contributed by atoms with E-state index in [2.05, 4.69) is 9.88 Å². The lowest BCUT2D eigenvalue weighted by atomic mass is 10.2. The van der Waals surface area contributed by atoms with Crippen LogP contribution in [-0.2, 0) is 4.74 Å². The predicted molar refractivity (Wildman–Crippen MR) is 85.6 cm³/mol. The molecule has 0 radical (unpaired) electrons. The second kappa shape index (κ2) is 7.17. The first-order chi connectivity index (χ1) is 11.8. The largest absolute Gasteiger partial charge is 0.416 e. The second-order valence-corrected chi connectivity index (χ2v) is 6.35. The van der Waals surface area contributed by atoms with Crippen LogP contribution in [0.1, 0.15) is 10.4 Å². The van der Waals surface area contributed by atoms with Gasteiger partial charge < -0.3 is 19.4 Å². The Morgan fingerprint density at radius 1 is 1.24 bits per heavy atom. The third-order valence-corrected chi connectivity index (χ3v) is 4.54. The average Bonchev–Trinajstić information content (AvgIpc) is 2.61. The topological polar surface area (TPSA) is 48.9 Å². The highest BCUT2D eigenvalue weighted by molar-refractivity contribution is 5.95. The zero-order valence-corrected chi connectivity index (χ0v) is 14.0. The van der Waals surface area contributed by atoms with Crippen molar-refractivity contribution in [3.05, 3.63) is 23.9 Å². The van der Waals surface area contributed by atoms with Crippen LogP contribution in [0.3, 0.4) is 0 Å². The van der Waals surface area contributed by atoms with Crippen LogP contribution < -0.4 is 4.90 Å². The van der Waals surface area contributed by atoms with Gasteiger partial charge in [0.15, 0.2) is 6.10 Å². The van der Waals surface area contributed by atoms with E-state index in [9.17, 15) is 18.0 Å². The van der Waals surface area contributed by atoms with Crippen molar-refractivity contribution in [2.45, 2.75) is 12.3 Å². The van der Waals surface area contributed by atoms with Crippen molar-refractivity contribution in [2.75, 3.05) is 57.8 Å². The van der Waals surface area contributed by atoms with Crippen molar-refractivity contribution in [2.24, 2.45) is 0 Å². The fraction of sp³-hybridized carbons (Fsp3) is 0.625. The molecule has 2 aliphatic rings. The maximum absolute atomic E-state index is 12.9. The zero-order chi connectivity index (χ0) is 18.0. The van der Waals surface area contributed by atoms with Gasteiger partial charge in [0.05, 0.1) is 13.2 Å². The first kappa shape index (κ1) is 17.9. The van der Waals surface area contributed by atoms with Crippen molar-refractivity contribution < 1.29 is 22.7 Å². The van der Waals surface area contributed by atoms with Crippen LogP contribution >= 0.6 is 0 Å². The van der Waals surface area contributed by atoms with Gasteiger partial charge in [0, 0.05) is 44.5 Å². The van der Waals surface area contributed by atoms with Crippen molar-refractivity contribution in [1.29, 1.82) is 0 Å². The highest BCUT2D eigenvalue weighted by Crippen LogP contribution is 2.27. The lowest BCUT2D eigenvalue weighted by Crippen LogP contribution is -2.49. The average molecular weight is 358 g/mol. The van der Waals surface area contributed by atoms with E-state index in [1.165, 1.54) is 11.1 Å². The molecular formula is C16H21F3N4O2. The molecule has 138 valence electrons. The van der Waals surface area contributed by atoms with Crippen LogP contribution in [0.5, 0.6) is 0 Å². The van der Waals surface area contributed by atoms with Gasteiger partial charge in [0.2, 0.25) is 0 Å². The minimum absolute atomic E-state index is 0.0253. The van der Waals surface area contributed by atoms with Gasteiger partial charge in [-0.25, -0.2) is 4.98 Å². The summed E-state index contributed by atoms with van der Waals surface area (Å²) in [7, 11) is 2.00. The highest BCUT2D eigenvalue weighted by Gasteiger charge is 2.43. The Bertz CT molecular complexity index is 618. The van der Waals surface area contributed by atoms with Gasteiger partial charge >= 0.3 is 6.18 Å². The fourth-order valence-corrected chi connectivity index (χ4v) is 2.97. The van der Waals surface area contributed by atoms with Gasteiger partial charge in [0.1, 0.15) is 5.82 Å². The van der Waals surface area contributed by atoms with E-state index < -0.39 is 12.3 Å². The smallest absolute Gasteiger partial charge is 0.365 e. The highest BCUT2D eigenvalue weighted by atomic mass is 19.4. The third kappa shape index (κ3) is 4.21. The molecule has 1 atom stereocenters. The molecule has 3 rings (SSSR count). The molecule has 1 aromatic heterocycles. The summed E-state index contributed by atoms with van der Waals surface area (Å²) in [6, 6.07) is 3.17. The lowest BCUT2D eigenvalue weighted by Gasteiger charge is -2.35. The van der Waals surface area contributed by atoms with E-state index in [1.54, 1.807) is 17.0 Å². The molecule has 2 fully saturated rings. The number of alkyl halides is 3. The molecule has 1 unspecified atom stereocenters. The normalized spacial score (nSPS) is 23.0. The van der Waals surface area contributed by atoms with Crippen LogP contribution in [-0.4, -0.2) is 85.9 Å². The van der Waals surface area contributed by atoms with E-state index in [0.717, 1.165) is 13.1 Å². The molecule has 0 saturated carbocycles. The van der Waals surface area contributed by atoms with E-state index in [1.807, 2.05) is 7.05 Å². The number of ether oxygens (including phenoxy) is 1. The summed E-state index contributed by atoms with van der Waals surface area (Å²) < 4.78 is 43.4. The van der Waals surface area contributed by atoms with E-state index in [4.69, 9.17) is 4.74 Å². The van der Waals surface area contributed by atoms with Crippen molar-refractivity contribution in [3.8, 4) is 0 Å². The van der Waals surface area contributed by atoms with Gasteiger partial charge in [-0.05, 0) is 19.2 Å². The number of pyridine rings is 1. The summed E-state index contributed by atoms with van der Waals surface area (Å²) in [6.45, 7) is 2.86. The third-order valence-electron chi connectivity index (χ3n) is 4.54. The number of carbonyl (C=O) groups excluding carboxylic acids is 1. The molecule has 6 nitrogen and oxygen atoms in total. The number of hydrogen-bond acceptors (Lipinski definition) is 5. The van der Waals surface area contributed by atoms with Gasteiger partial charge in [-0.15, -0.1) is 0 Å². The number of aromatic nitrogens is 1. The molecule has 1 aromatic rings. The van der Waals surface area contributed by atoms with Crippen molar-refractivity contribution >= 4 is 11.7 Å². The van der Waals surface area contributed by atoms with Crippen LogP contribution in [0.25, 0.3) is 0 Å². The Morgan fingerprint density at radius 3 is 2.64 bits per heavy atom. The molecule has 25 heavy (non-hydrogen) atoms. The van der Waals surface area contributed by atoms with E-state index in [-0.39, 0.29) is 19.1 Å². The molecule has 0 N–H and O–H groups in total. The Hall–Kier alpha value is -1.87. The summed E-state index contributed by atoms with van der Waals surface area (Å²) in [4.78, 5) is 22.2. The zero-order valence-electron chi connectivity index (χ0n) is 14.0. The first-order valence-corrected chi connectivity index (χ1v) is 8.22. The molecule has 0 bridgehead atoms. The molecule has 1 amide bonds. The summed E-state index contributed by atoms with van der Waals surface area (Å²) in [5, 5.41) is 0. The van der Waals surface area contributed by atoms with Gasteiger partial charge in [0.25, 0.3) is 5.91 Å². The molecule has 2 aliphatic heterocycles. The Labute approximate surface area is 144 Å². The second-order valence-electron chi connectivity index (χ2n) is 6.35. The summed E-state index contributed by atoms with van der Waals surface area (Å²) >= 11 is 0. The SMILES string of the molecule is CN1CCN(C(=O)c2ccnc(N3CCOC(C(F)(F)F)C3)c2)CC1. The number of rotatable bonds is 2. The quantitative estimate of drug-likeness (QED) is 0.796. The molecule has 2 saturated heterocycles. The van der Waals surface area contributed by atoms with Crippen LogP contribution in [0, 0.1) is 0 Å². The van der Waals surface area contributed by atoms with E-state index in [0.29, 0.717) is 31.0 Å². The standard InChI is InChI=1S/C16H21F3N4O2/c1-21-4-6-22(7-5-21)15(24)12-2-3-20-14(10-12)23-8-9-25-13(11-23)16(17,18)19/h2-3,10,13H,4-9,11H2,1H3. The maximum atomic E-state index is 12.9. The van der Waals surface area contributed by atoms with Crippen LogP contribution in [0.15, 0.2) is 18.3 Å². The molecule has 0 aliphatic carbocycles. The Kier molecular flexibility index (Phi) is 5.14. The molecule has 0 aromatic carbocycles. The molecular weight excluding hydrogens is 337 g/mol. The number of halogens is 3. The molecule has 3 heterocycles. The number of nitrogens with zero attached hydrogens (tertiary/aromatic N) is 4. The maximum Gasteiger partial charge on any atom is 0.416 e. The Morgan fingerprint density at radius 2 is 1.96 bits per heavy atom. The molecule has 0 spiro atoms. The lowest BCUT2D eigenvalue weighted by molar-refractivity contribution is -0.221. The minimum Gasteiger partial charge on any atom is -0.365 e. The van der Waals surface area contributed by atoms with Gasteiger partial charge in [-0.2, -0.15) is 13.2 Å².